The van der Waals surface area contributed by atoms with Crippen molar-refractivity contribution < 1.29 is 19.0 Å². The van der Waals surface area contributed by atoms with E-state index in [0.29, 0.717) is 23.3 Å². The second-order valence-electron chi connectivity index (χ2n) is 5.39. The van der Waals surface area contributed by atoms with E-state index in [0.717, 1.165) is 5.56 Å². The third-order valence-electron chi connectivity index (χ3n) is 3.59. The highest BCUT2D eigenvalue weighted by Gasteiger charge is 2.17. The van der Waals surface area contributed by atoms with E-state index >= 15 is 0 Å². The summed E-state index contributed by atoms with van der Waals surface area (Å²) in [6, 6.07) is 15.0. The van der Waals surface area contributed by atoms with E-state index in [-0.39, 0.29) is 11.5 Å². The van der Waals surface area contributed by atoms with Crippen LogP contribution in [0.5, 0.6) is 17.2 Å². The van der Waals surface area contributed by atoms with Crippen molar-refractivity contribution in [3.05, 3.63) is 64.4 Å². The SMILES string of the molecule is COc1c(OC(C)=O)c(=O)[nH]c2cc(OCc3ccccc3)ccc12. The number of carbonyl (C=O) groups is 1. The second kappa shape index (κ2) is 7.09. The second-order valence-corrected chi connectivity index (χ2v) is 5.39. The third-order valence-corrected chi connectivity index (χ3v) is 3.59. The minimum atomic E-state index is -0.592. The van der Waals surface area contributed by atoms with Crippen LogP contribution in [-0.4, -0.2) is 18.1 Å². The minimum Gasteiger partial charge on any atom is -0.492 e. The molecule has 1 heterocycles. The number of aromatic nitrogens is 1. The Bertz CT molecular complexity index is 963. The molecule has 0 spiro atoms. The molecular formula is C19H17NO5. The van der Waals surface area contributed by atoms with Gasteiger partial charge in [0.05, 0.1) is 12.6 Å². The van der Waals surface area contributed by atoms with E-state index in [2.05, 4.69) is 4.98 Å². The number of carbonyl (C=O) groups excluding carboxylic acids is 1. The highest BCUT2D eigenvalue weighted by Crippen LogP contribution is 2.33. The number of hydrogen-bond acceptors (Lipinski definition) is 5. The van der Waals surface area contributed by atoms with Crippen LogP contribution in [0.4, 0.5) is 0 Å². The summed E-state index contributed by atoms with van der Waals surface area (Å²) in [4.78, 5) is 26.1. The van der Waals surface area contributed by atoms with Gasteiger partial charge in [-0.15, -0.1) is 0 Å². The Hall–Kier alpha value is -3.28. The molecule has 6 heteroatoms. The molecule has 128 valence electrons. The van der Waals surface area contributed by atoms with Crippen LogP contribution >= 0.6 is 0 Å². The van der Waals surface area contributed by atoms with Gasteiger partial charge in [-0.25, -0.2) is 0 Å². The molecule has 0 saturated carbocycles. The molecule has 1 N–H and O–H groups in total. The lowest BCUT2D eigenvalue weighted by Crippen LogP contribution is -2.15. The number of hydrogen-bond donors (Lipinski definition) is 1. The van der Waals surface area contributed by atoms with Crippen LogP contribution in [0.15, 0.2) is 53.3 Å². The van der Waals surface area contributed by atoms with Gasteiger partial charge in [0, 0.05) is 18.4 Å². The highest BCUT2D eigenvalue weighted by molar-refractivity contribution is 5.89. The zero-order valence-corrected chi connectivity index (χ0v) is 13.9. The molecule has 3 aromatic rings. The van der Waals surface area contributed by atoms with Crippen LogP contribution in [-0.2, 0) is 11.4 Å². The zero-order chi connectivity index (χ0) is 17.8. The predicted octanol–water partition coefficient (Wildman–Crippen LogP) is 3.04. The molecule has 0 atom stereocenters. The predicted molar refractivity (Wildman–Crippen MR) is 93.2 cm³/mol. The number of ether oxygens (including phenoxy) is 3. The first-order valence-corrected chi connectivity index (χ1v) is 7.67. The highest BCUT2D eigenvalue weighted by atomic mass is 16.6. The van der Waals surface area contributed by atoms with Gasteiger partial charge in [-0.1, -0.05) is 30.3 Å². The van der Waals surface area contributed by atoms with Gasteiger partial charge in [0.1, 0.15) is 12.4 Å². The quantitative estimate of drug-likeness (QED) is 0.723. The van der Waals surface area contributed by atoms with E-state index < -0.39 is 11.5 Å². The summed E-state index contributed by atoms with van der Waals surface area (Å²) in [6.45, 7) is 1.64. The standard InChI is InChI=1S/C19H17NO5/c1-12(21)25-18-17(23-2)15-9-8-14(10-16(15)20-19(18)22)24-11-13-6-4-3-5-7-13/h3-10H,11H2,1-2H3,(H,20,22). The van der Waals surface area contributed by atoms with Gasteiger partial charge < -0.3 is 19.2 Å². The van der Waals surface area contributed by atoms with Gasteiger partial charge in [-0.05, 0) is 17.7 Å². The first-order valence-electron chi connectivity index (χ1n) is 7.67. The average Bonchev–Trinajstić information content (AvgIpc) is 2.61. The van der Waals surface area contributed by atoms with Gasteiger partial charge in [0.15, 0.2) is 5.75 Å². The number of methoxy groups -OCH3 is 1. The fourth-order valence-electron chi connectivity index (χ4n) is 2.50. The summed E-state index contributed by atoms with van der Waals surface area (Å²) in [5, 5.41) is 0.616. The Morgan fingerprint density at radius 2 is 1.84 bits per heavy atom. The first kappa shape index (κ1) is 16.6. The number of aromatic amines is 1. The van der Waals surface area contributed by atoms with E-state index in [1.165, 1.54) is 14.0 Å². The molecule has 25 heavy (non-hydrogen) atoms. The Kier molecular flexibility index (Phi) is 4.70. The summed E-state index contributed by atoms with van der Waals surface area (Å²) in [5.41, 5.74) is 1.03. The van der Waals surface area contributed by atoms with Crippen molar-refractivity contribution in [3.63, 3.8) is 0 Å². The number of benzene rings is 2. The summed E-state index contributed by atoms with van der Waals surface area (Å²) in [7, 11) is 1.42. The largest absolute Gasteiger partial charge is 0.492 e. The molecule has 0 bridgehead atoms. The summed E-state index contributed by atoms with van der Waals surface area (Å²) in [5.74, 6) is 0.0734. The van der Waals surface area contributed by atoms with Crippen LogP contribution in [0.3, 0.4) is 0 Å². The van der Waals surface area contributed by atoms with Crippen molar-refractivity contribution in [3.8, 4) is 17.2 Å². The van der Waals surface area contributed by atoms with Gasteiger partial charge in [0.25, 0.3) is 5.56 Å². The summed E-state index contributed by atoms with van der Waals surface area (Å²) >= 11 is 0. The van der Waals surface area contributed by atoms with Crippen molar-refractivity contribution >= 4 is 16.9 Å². The molecule has 0 radical (unpaired) electrons. The van der Waals surface area contributed by atoms with Crippen LogP contribution < -0.4 is 19.8 Å². The maximum Gasteiger partial charge on any atom is 0.308 e. The van der Waals surface area contributed by atoms with E-state index in [1.807, 2.05) is 30.3 Å². The molecule has 6 nitrogen and oxygen atoms in total. The molecule has 0 amide bonds. The minimum absolute atomic E-state index is 0.152. The number of rotatable bonds is 5. The van der Waals surface area contributed by atoms with Crippen molar-refractivity contribution in [2.45, 2.75) is 13.5 Å². The zero-order valence-electron chi connectivity index (χ0n) is 13.9. The van der Waals surface area contributed by atoms with Gasteiger partial charge in [-0.3, -0.25) is 9.59 Å². The maximum atomic E-state index is 12.2. The van der Waals surface area contributed by atoms with Gasteiger partial charge in [-0.2, -0.15) is 0 Å². The monoisotopic (exact) mass is 339 g/mol. The molecule has 0 unspecified atom stereocenters. The topological polar surface area (TPSA) is 77.6 Å². The van der Waals surface area contributed by atoms with Gasteiger partial charge in [0.2, 0.25) is 5.75 Å². The molecule has 0 saturated heterocycles. The molecule has 0 aliphatic rings. The number of esters is 1. The third kappa shape index (κ3) is 3.63. The summed E-state index contributed by atoms with van der Waals surface area (Å²) < 4.78 is 16.0. The van der Waals surface area contributed by atoms with Crippen LogP contribution in [0.25, 0.3) is 10.9 Å². The number of pyridine rings is 1. The Morgan fingerprint density at radius 3 is 2.52 bits per heavy atom. The maximum absolute atomic E-state index is 12.2. The molecular weight excluding hydrogens is 322 g/mol. The molecule has 0 aliphatic carbocycles. The lowest BCUT2D eigenvalue weighted by Gasteiger charge is -2.12. The van der Waals surface area contributed by atoms with Gasteiger partial charge >= 0.3 is 5.97 Å². The van der Waals surface area contributed by atoms with E-state index in [4.69, 9.17) is 14.2 Å². The molecule has 1 aromatic heterocycles. The van der Waals surface area contributed by atoms with Crippen molar-refractivity contribution in [2.75, 3.05) is 7.11 Å². The Morgan fingerprint density at radius 1 is 1.08 bits per heavy atom. The van der Waals surface area contributed by atoms with Crippen LogP contribution in [0.2, 0.25) is 0 Å². The van der Waals surface area contributed by atoms with Crippen molar-refractivity contribution in [1.82, 2.24) is 4.98 Å². The normalized spacial score (nSPS) is 10.5. The van der Waals surface area contributed by atoms with Crippen molar-refractivity contribution in [1.29, 1.82) is 0 Å². The van der Waals surface area contributed by atoms with Crippen molar-refractivity contribution in [2.24, 2.45) is 0 Å². The van der Waals surface area contributed by atoms with E-state index in [9.17, 15) is 9.59 Å². The number of fused-ring (bicyclic) bond motifs is 1. The average molecular weight is 339 g/mol. The van der Waals surface area contributed by atoms with Crippen LogP contribution in [0.1, 0.15) is 12.5 Å². The smallest absolute Gasteiger partial charge is 0.308 e. The number of H-pyrrole nitrogens is 1. The molecule has 3 rings (SSSR count). The lowest BCUT2D eigenvalue weighted by atomic mass is 10.2. The molecule has 0 fully saturated rings. The fraction of sp³-hybridized carbons (Fsp3) is 0.158. The van der Waals surface area contributed by atoms with E-state index in [1.54, 1.807) is 18.2 Å². The Balaban J connectivity index is 1.95. The fourth-order valence-corrected chi connectivity index (χ4v) is 2.50. The first-order chi connectivity index (χ1) is 12.1. The lowest BCUT2D eigenvalue weighted by molar-refractivity contribution is -0.132. The molecule has 0 aliphatic heterocycles. The Labute approximate surface area is 144 Å². The number of nitrogens with one attached hydrogen (secondary N) is 1. The summed E-state index contributed by atoms with van der Waals surface area (Å²) in [6.07, 6.45) is 0. The molecule has 2 aromatic carbocycles. The van der Waals surface area contributed by atoms with Crippen LogP contribution in [0, 0.1) is 0 Å².